The maximum absolute atomic E-state index is 10.7. The van der Waals surface area contributed by atoms with Gasteiger partial charge < -0.3 is 8.98 Å². The van der Waals surface area contributed by atoms with Gasteiger partial charge in [-0.25, -0.2) is 8.42 Å². The molecule has 1 aliphatic heterocycles. The molecule has 0 fully saturated rings. The van der Waals surface area contributed by atoms with Crippen molar-refractivity contribution in [2.24, 2.45) is 0 Å². The lowest BCUT2D eigenvalue weighted by Gasteiger charge is -2.36. The molecule has 10 heteroatoms. The Bertz CT molecular complexity index is 888. The summed E-state index contributed by atoms with van der Waals surface area (Å²) in [6, 6.07) is 6.38. The standard InChI is InChI=1S/C19H30NOSi.CHF3O3S/c1-16(12-15-21-22(5,6)19(2,3)4)17-10-9-14-20-13-8-7-11-18(17)20;2-1(3,4)8(5,6)7/h7-8,10-11,13H,1,9,12,14-15H2,2-6H3;(H,5,6,7)/q+1;/p-1. The number of aryl methyl sites for hydroxylation is 1. The SMILES string of the molecule is C=C(CCO[Si](C)(C)C(C)(C)C)C1=CCC[n+]2ccccc21.O=S(=O)([O-])C(F)(F)F. The summed E-state index contributed by atoms with van der Waals surface area (Å²) in [5, 5.41) is 0.265. The second-order valence-corrected chi connectivity index (χ2v) is 14.7. The first-order valence-electron chi connectivity index (χ1n) is 9.50. The molecule has 0 radical (unpaired) electrons. The normalized spacial score (nSPS) is 14.9. The lowest BCUT2D eigenvalue weighted by Crippen LogP contribution is -2.41. The van der Waals surface area contributed by atoms with E-state index in [1.54, 1.807) is 0 Å². The average Bonchev–Trinajstić information content (AvgIpc) is 2.59. The molecule has 1 aliphatic rings. The van der Waals surface area contributed by atoms with Crippen LogP contribution in [-0.4, -0.2) is 33.4 Å². The zero-order chi connectivity index (χ0) is 23.4. The average molecular weight is 466 g/mol. The van der Waals surface area contributed by atoms with Crippen molar-refractivity contribution in [3.8, 4) is 0 Å². The van der Waals surface area contributed by atoms with Crippen LogP contribution in [0.5, 0.6) is 0 Å². The third kappa shape index (κ3) is 7.33. The van der Waals surface area contributed by atoms with E-state index in [0.29, 0.717) is 0 Å². The maximum atomic E-state index is 10.7. The fraction of sp³-hybridized carbons (Fsp3) is 0.550. The Labute approximate surface area is 178 Å². The molecule has 1 aromatic heterocycles. The summed E-state index contributed by atoms with van der Waals surface area (Å²) in [5.74, 6) is 0. The van der Waals surface area contributed by atoms with Crippen molar-refractivity contribution >= 4 is 24.0 Å². The number of fused-ring (bicyclic) bond motifs is 1. The van der Waals surface area contributed by atoms with Gasteiger partial charge in [-0.05, 0) is 36.2 Å². The number of pyridine rings is 1. The van der Waals surface area contributed by atoms with Gasteiger partial charge in [0.15, 0.2) is 31.2 Å². The highest BCUT2D eigenvalue weighted by molar-refractivity contribution is 7.86. The van der Waals surface area contributed by atoms with Crippen LogP contribution in [0.1, 0.15) is 39.3 Å². The molecule has 0 amide bonds. The van der Waals surface area contributed by atoms with Gasteiger partial charge in [0.1, 0.15) is 0 Å². The second kappa shape index (κ2) is 9.76. The zero-order valence-corrected chi connectivity index (χ0v) is 19.9. The number of hydrogen-bond acceptors (Lipinski definition) is 4. The summed E-state index contributed by atoms with van der Waals surface area (Å²) in [6.07, 6.45) is 6.47. The number of alkyl halides is 3. The summed E-state index contributed by atoms with van der Waals surface area (Å²) in [4.78, 5) is 0. The van der Waals surface area contributed by atoms with E-state index in [1.165, 1.54) is 16.8 Å². The van der Waals surface area contributed by atoms with E-state index in [9.17, 15) is 13.2 Å². The molecule has 0 saturated heterocycles. The van der Waals surface area contributed by atoms with Gasteiger partial charge in [-0.2, -0.15) is 17.7 Å². The van der Waals surface area contributed by atoms with Crippen LogP contribution < -0.4 is 4.57 Å². The summed E-state index contributed by atoms with van der Waals surface area (Å²) < 4.78 is 67.5. The molecule has 170 valence electrons. The van der Waals surface area contributed by atoms with Gasteiger partial charge >= 0.3 is 5.51 Å². The number of nitrogens with zero attached hydrogens (tertiary/aromatic N) is 1. The van der Waals surface area contributed by atoms with Crippen LogP contribution in [0.2, 0.25) is 18.1 Å². The second-order valence-electron chi connectivity index (χ2n) is 8.55. The van der Waals surface area contributed by atoms with Gasteiger partial charge in [-0.1, -0.05) is 33.4 Å². The molecule has 0 saturated carbocycles. The Morgan fingerprint density at radius 2 is 1.83 bits per heavy atom. The van der Waals surface area contributed by atoms with Crippen molar-refractivity contribution in [1.29, 1.82) is 0 Å². The third-order valence-corrected chi connectivity index (χ3v) is 10.4. The Morgan fingerprint density at radius 3 is 2.33 bits per heavy atom. The van der Waals surface area contributed by atoms with E-state index in [0.717, 1.165) is 26.0 Å². The highest BCUT2D eigenvalue weighted by Gasteiger charge is 2.37. The Kier molecular flexibility index (Phi) is 8.63. The van der Waals surface area contributed by atoms with Crippen molar-refractivity contribution in [3.63, 3.8) is 0 Å². The molecule has 30 heavy (non-hydrogen) atoms. The molecule has 0 aliphatic carbocycles. The molecule has 5 nitrogen and oxygen atoms in total. The predicted octanol–water partition coefficient (Wildman–Crippen LogP) is 4.78. The van der Waals surface area contributed by atoms with Crippen molar-refractivity contribution in [1.82, 2.24) is 0 Å². The largest absolute Gasteiger partial charge is 0.741 e. The van der Waals surface area contributed by atoms with Gasteiger partial charge in [-0.3, -0.25) is 0 Å². The lowest BCUT2D eigenvalue weighted by molar-refractivity contribution is -0.699. The summed E-state index contributed by atoms with van der Waals surface area (Å²) in [6.45, 7) is 17.6. The van der Waals surface area contributed by atoms with E-state index in [1.807, 2.05) is 0 Å². The third-order valence-electron chi connectivity index (χ3n) is 5.27. The fourth-order valence-electron chi connectivity index (χ4n) is 2.47. The summed E-state index contributed by atoms with van der Waals surface area (Å²) >= 11 is 0. The number of aromatic nitrogens is 1. The van der Waals surface area contributed by atoms with E-state index in [2.05, 4.69) is 75.5 Å². The monoisotopic (exact) mass is 465 g/mol. The highest BCUT2D eigenvalue weighted by Crippen LogP contribution is 2.37. The molecule has 0 unspecified atom stereocenters. The first-order valence-corrected chi connectivity index (χ1v) is 13.8. The molecular weight excluding hydrogens is 435 g/mol. The summed E-state index contributed by atoms with van der Waals surface area (Å²) in [5.41, 5.74) is -1.87. The number of allylic oxidation sites excluding steroid dienone is 2. The molecule has 0 N–H and O–H groups in total. The molecule has 0 spiro atoms. The van der Waals surface area contributed by atoms with E-state index >= 15 is 0 Å². The molecule has 0 aromatic carbocycles. The molecule has 0 atom stereocenters. The summed E-state index contributed by atoms with van der Waals surface area (Å²) in [7, 11) is -7.75. The minimum atomic E-state index is -6.09. The number of halogens is 3. The Morgan fingerprint density at radius 1 is 1.27 bits per heavy atom. The topological polar surface area (TPSA) is 70.3 Å². The smallest absolute Gasteiger partial charge is 0.485 e. The molecule has 2 heterocycles. The van der Waals surface area contributed by atoms with Crippen LogP contribution in [0.4, 0.5) is 13.2 Å². The lowest BCUT2D eigenvalue weighted by atomic mass is 9.97. The molecule has 2 rings (SSSR count). The predicted molar refractivity (Wildman–Crippen MR) is 112 cm³/mol. The van der Waals surface area contributed by atoms with Gasteiger partial charge in [0.05, 0.1) is 0 Å². The van der Waals surface area contributed by atoms with Crippen LogP contribution >= 0.6 is 0 Å². The zero-order valence-electron chi connectivity index (χ0n) is 18.0. The van der Waals surface area contributed by atoms with Crippen molar-refractivity contribution in [3.05, 3.63) is 48.3 Å². The van der Waals surface area contributed by atoms with E-state index in [4.69, 9.17) is 17.4 Å². The fourth-order valence-corrected chi connectivity index (χ4v) is 3.52. The first kappa shape index (κ1) is 26.5. The Hall–Kier alpha value is -1.49. The van der Waals surface area contributed by atoms with Crippen LogP contribution in [0.25, 0.3) is 5.57 Å². The van der Waals surface area contributed by atoms with Gasteiger partial charge in [-0.15, -0.1) is 0 Å². The van der Waals surface area contributed by atoms with E-state index < -0.39 is 23.9 Å². The van der Waals surface area contributed by atoms with Crippen molar-refractivity contribution < 1.29 is 35.1 Å². The van der Waals surface area contributed by atoms with Gasteiger partial charge in [0, 0.05) is 30.7 Å². The number of hydrogen-bond donors (Lipinski definition) is 0. The van der Waals surface area contributed by atoms with Gasteiger partial charge in [0.25, 0.3) is 0 Å². The first-order chi connectivity index (χ1) is 13.5. The Balaban J connectivity index is 0.000000479. The van der Waals surface area contributed by atoms with Crippen LogP contribution in [0.15, 0.2) is 42.6 Å². The van der Waals surface area contributed by atoms with E-state index in [-0.39, 0.29) is 5.04 Å². The molecule has 1 aromatic rings. The highest BCUT2D eigenvalue weighted by atomic mass is 32.2. The van der Waals surface area contributed by atoms with Gasteiger partial charge in [0.2, 0.25) is 5.69 Å². The molecule has 0 bridgehead atoms. The van der Waals surface area contributed by atoms with Crippen LogP contribution in [0.3, 0.4) is 0 Å². The van der Waals surface area contributed by atoms with Crippen molar-refractivity contribution in [2.45, 2.75) is 63.8 Å². The minimum absolute atomic E-state index is 0.265. The van der Waals surface area contributed by atoms with Crippen molar-refractivity contribution in [2.75, 3.05) is 6.61 Å². The molecular formula is C20H30F3NO4SSi. The maximum Gasteiger partial charge on any atom is 0.485 e. The van der Waals surface area contributed by atoms with Crippen LogP contribution in [-0.2, 0) is 21.1 Å². The van der Waals surface area contributed by atoms with Crippen LogP contribution in [0, 0.1) is 0 Å². The minimum Gasteiger partial charge on any atom is -0.741 e. The quantitative estimate of drug-likeness (QED) is 0.272. The number of rotatable bonds is 5.